The first-order chi connectivity index (χ1) is 10.7. The lowest BCUT2D eigenvalue weighted by Crippen LogP contribution is -2.53. The van der Waals surface area contributed by atoms with Gasteiger partial charge in [0, 0.05) is 13.1 Å². The topological polar surface area (TPSA) is 51.0 Å². The third-order valence-corrected chi connectivity index (χ3v) is 4.85. The van der Waals surface area contributed by atoms with E-state index in [0.717, 1.165) is 37.8 Å². The predicted molar refractivity (Wildman–Crippen MR) is 78.9 cm³/mol. The van der Waals surface area contributed by atoms with Crippen molar-refractivity contribution in [3.8, 4) is 0 Å². The zero-order valence-corrected chi connectivity index (χ0v) is 12.2. The number of anilines is 1. The molecule has 1 aromatic heterocycles. The summed E-state index contributed by atoms with van der Waals surface area (Å²) in [4.78, 5) is 19.2. The van der Waals surface area contributed by atoms with Gasteiger partial charge in [-0.05, 0) is 37.0 Å². The van der Waals surface area contributed by atoms with Crippen molar-refractivity contribution in [2.24, 2.45) is 0 Å². The fourth-order valence-electron chi connectivity index (χ4n) is 3.48. The fourth-order valence-corrected chi connectivity index (χ4v) is 3.48. The fraction of sp³-hybridized carbons (Fsp3) is 0.438. The average molecular weight is 300 g/mol. The predicted octanol–water partition coefficient (Wildman–Crippen LogP) is 2.28. The molecule has 1 saturated carbocycles. The summed E-state index contributed by atoms with van der Waals surface area (Å²) in [5.41, 5.74) is 0.378. The molecule has 4 rings (SSSR count). The van der Waals surface area contributed by atoms with Crippen LogP contribution in [0.3, 0.4) is 0 Å². The van der Waals surface area contributed by atoms with Gasteiger partial charge in [0.25, 0.3) is 0 Å². The number of fused-ring (bicyclic) bond motifs is 1. The second-order valence-corrected chi connectivity index (χ2v) is 6.04. The van der Waals surface area contributed by atoms with Gasteiger partial charge in [-0.3, -0.25) is 9.69 Å². The quantitative estimate of drug-likeness (QED) is 0.855. The number of aromatic nitrogens is 3. The zero-order chi connectivity index (χ0) is 15.2. The van der Waals surface area contributed by atoms with Crippen LogP contribution in [0.25, 0.3) is 0 Å². The van der Waals surface area contributed by atoms with Crippen molar-refractivity contribution < 1.29 is 9.18 Å². The van der Waals surface area contributed by atoms with Crippen LogP contribution in [0, 0.1) is 5.82 Å². The molecule has 2 aromatic rings. The molecule has 1 fully saturated rings. The Morgan fingerprint density at radius 2 is 1.91 bits per heavy atom. The highest BCUT2D eigenvalue weighted by molar-refractivity contribution is 6.01. The molecule has 22 heavy (non-hydrogen) atoms. The first-order valence-corrected chi connectivity index (χ1v) is 7.66. The van der Waals surface area contributed by atoms with Crippen molar-refractivity contribution in [3.05, 3.63) is 42.0 Å². The van der Waals surface area contributed by atoms with Crippen molar-refractivity contribution in [2.45, 2.75) is 37.6 Å². The molecule has 0 bridgehead atoms. The highest BCUT2D eigenvalue weighted by atomic mass is 19.1. The number of carbonyl (C=O) groups excluding carboxylic acids is 1. The minimum absolute atomic E-state index is 0.0688. The van der Waals surface area contributed by atoms with Crippen LogP contribution in [0.15, 0.2) is 30.6 Å². The number of aryl methyl sites for hydroxylation is 1. The number of nitrogens with zero attached hydrogens (tertiary/aromatic N) is 4. The van der Waals surface area contributed by atoms with Crippen molar-refractivity contribution in [2.75, 3.05) is 11.4 Å². The summed E-state index contributed by atoms with van der Waals surface area (Å²) in [6.45, 7) is 1.46. The number of rotatable bonds is 2. The van der Waals surface area contributed by atoms with Gasteiger partial charge in [0.2, 0.25) is 11.9 Å². The number of benzene rings is 1. The first kappa shape index (κ1) is 13.4. The van der Waals surface area contributed by atoms with E-state index in [2.05, 4.69) is 10.1 Å². The van der Waals surface area contributed by atoms with Crippen LogP contribution >= 0.6 is 0 Å². The van der Waals surface area contributed by atoms with E-state index in [1.807, 2.05) is 0 Å². The molecule has 114 valence electrons. The largest absolute Gasteiger partial charge is 0.280 e. The molecule has 0 spiro atoms. The van der Waals surface area contributed by atoms with E-state index >= 15 is 0 Å². The van der Waals surface area contributed by atoms with Gasteiger partial charge < -0.3 is 0 Å². The van der Waals surface area contributed by atoms with Crippen LogP contribution in [-0.2, 0) is 16.8 Å². The van der Waals surface area contributed by atoms with Gasteiger partial charge in [-0.15, -0.1) is 0 Å². The highest BCUT2D eigenvalue weighted by Crippen LogP contribution is 2.46. The smallest absolute Gasteiger partial charge is 0.239 e. The van der Waals surface area contributed by atoms with Crippen LogP contribution in [0.1, 0.15) is 31.2 Å². The number of hydrogen-bond acceptors (Lipinski definition) is 3. The van der Waals surface area contributed by atoms with Gasteiger partial charge in [0.05, 0.1) is 5.41 Å². The summed E-state index contributed by atoms with van der Waals surface area (Å²) in [5, 5.41) is 4.16. The molecular weight excluding hydrogens is 283 g/mol. The molecule has 0 N–H and O–H groups in total. The SMILES string of the molecule is O=C(N1CCCn2ncnc21)C1(c2ccc(F)cc2)CCC1. The van der Waals surface area contributed by atoms with E-state index in [4.69, 9.17) is 0 Å². The average Bonchev–Trinajstić information content (AvgIpc) is 2.96. The Morgan fingerprint density at radius 3 is 2.59 bits per heavy atom. The standard InChI is InChI=1S/C16H17FN4O/c17-13-5-3-12(4-6-13)16(7-1-8-16)14(22)20-9-2-10-21-15(20)18-11-19-21/h3-6,11H,1-2,7-10H2. The monoisotopic (exact) mass is 300 g/mol. The Hall–Kier alpha value is -2.24. The molecule has 0 unspecified atom stereocenters. The Morgan fingerprint density at radius 1 is 1.14 bits per heavy atom. The highest BCUT2D eigenvalue weighted by Gasteiger charge is 2.49. The minimum Gasteiger partial charge on any atom is -0.280 e. The van der Waals surface area contributed by atoms with Crippen LogP contribution < -0.4 is 4.90 Å². The molecule has 1 aliphatic carbocycles. The number of hydrogen-bond donors (Lipinski definition) is 0. The number of amides is 1. The van der Waals surface area contributed by atoms with Crippen molar-refractivity contribution in [1.29, 1.82) is 0 Å². The Balaban J connectivity index is 1.71. The number of carbonyl (C=O) groups is 1. The Labute approximate surface area is 127 Å². The van der Waals surface area contributed by atoms with Gasteiger partial charge in [-0.1, -0.05) is 18.6 Å². The van der Waals surface area contributed by atoms with E-state index in [-0.39, 0.29) is 11.7 Å². The molecule has 1 amide bonds. The molecule has 0 saturated heterocycles. The van der Waals surface area contributed by atoms with Gasteiger partial charge in [0.15, 0.2) is 0 Å². The van der Waals surface area contributed by atoms with Crippen LogP contribution in [0.2, 0.25) is 0 Å². The molecule has 1 aliphatic heterocycles. The van der Waals surface area contributed by atoms with Crippen molar-refractivity contribution in [3.63, 3.8) is 0 Å². The summed E-state index contributed by atoms with van der Waals surface area (Å²) in [5.74, 6) is 0.423. The molecule has 2 heterocycles. The van der Waals surface area contributed by atoms with Crippen LogP contribution in [-0.4, -0.2) is 27.2 Å². The maximum absolute atomic E-state index is 13.2. The molecule has 6 heteroatoms. The van der Waals surface area contributed by atoms with Crippen molar-refractivity contribution in [1.82, 2.24) is 14.8 Å². The normalized spacial score (nSPS) is 19.4. The first-order valence-electron chi connectivity index (χ1n) is 7.66. The Kier molecular flexibility index (Phi) is 2.99. The molecule has 5 nitrogen and oxygen atoms in total. The van der Waals surface area contributed by atoms with E-state index in [0.29, 0.717) is 12.5 Å². The third kappa shape index (κ3) is 1.86. The molecular formula is C16H17FN4O. The molecule has 2 aliphatic rings. The summed E-state index contributed by atoms with van der Waals surface area (Å²) in [6, 6.07) is 6.34. The van der Waals surface area contributed by atoms with E-state index in [9.17, 15) is 9.18 Å². The lowest BCUT2D eigenvalue weighted by molar-refractivity contribution is -0.127. The number of halogens is 1. The molecule has 0 atom stereocenters. The summed E-state index contributed by atoms with van der Waals surface area (Å²) in [7, 11) is 0. The molecule has 0 radical (unpaired) electrons. The van der Waals surface area contributed by atoms with Crippen molar-refractivity contribution >= 4 is 11.9 Å². The van der Waals surface area contributed by atoms with E-state index < -0.39 is 5.41 Å². The van der Waals surface area contributed by atoms with Crippen LogP contribution in [0.4, 0.5) is 10.3 Å². The molecule has 1 aromatic carbocycles. The second kappa shape index (κ2) is 4.90. The lowest BCUT2D eigenvalue weighted by Gasteiger charge is -2.44. The van der Waals surface area contributed by atoms with Gasteiger partial charge in [-0.25, -0.2) is 9.07 Å². The summed E-state index contributed by atoms with van der Waals surface area (Å²) >= 11 is 0. The van der Waals surface area contributed by atoms with E-state index in [1.54, 1.807) is 21.7 Å². The summed E-state index contributed by atoms with van der Waals surface area (Å²) in [6.07, 6.45) is 5.00. The zero-order valence-electron chi connectivity index (χ0n) is 12.2. The van der Waals surface area contributed by atoms with Crippen LogP contribution in [0.5, 0.6) is 0 Å². The maximum Gasteiger partial charge on any atom is 0.239 e. The summed E-state index contributed by atoms with van der Waals surface area (Å²) < 4.78 is 15.0. The van der Waals surface area contributed by atoms with Gasteiger partial charge in [-0.2, -0.15) is 10.1 Å². The van der Waals surface area contributed by atoms with E-state index in [1.165, 1.54) is 18.5 Å². The minimum atomic E-state index is -0.526. The van der Waals surface area contributed by atoms with Gasteiger partial charge in [0.1, 0.15) is 12.1 Å². The lowest BCUT2D eigenvalue weighted by atomic mass is 9.63. The second-order valence-electron chi connectivity index (χ2n) is 6.04. The third-order valence-electron chi connectivity index (χ3n) is 4.85. The maximum atomic E-state index is 13.2. The Bertz CT molecular complexity index is 705. The van der Waals surface area contributed by atoms with Gasteiger partial charge >= 0.3 is 0 Å².